The molecule has 90 valence electrons. The van der Waals surface area contributed by atoms with Gasteiger partial charge in [-0.3, -0.25) is 0 Å². The smallest absolute Gasteiger partial charge is 0.341 e. The summed E-state index contributed by atoms with van der Waals surface area (Å²) in [5, 5.41) is 0.822. The maximum Gasteiger partial charge on any atom is 0.341 e. The molecule has 0 fully saturated rings. The van der Waals surface area contributed by atoms with Crippen molar-refractivity contribution in [3.63, 3.8) is 0 Å². The Bertz CT molecular complexity index is 570. The second kappa shape index (κ2) is 4.93. The first-order valence-electron chi connectivity index (χ1n) is 4.93. The Kier molecular flexibility index (Phi) is 3.54. The Balaban J connectivity index is 2.58. The first-order chi connectivity index (χ1) is 8.17. The minimum Gasteiger partial charge on any atom is -0.462 e. The summed E-state index contributed by atoms with van der Waals surface area (Å²) in [6.45, 7) is 2.07. The molecule has 0 spiro atoms. The number of halogens is 1. The molecule has 0 aliphatic heterocycles. The number of rotatable bonds is 3. The summed E-state index contributed by atoms with van der Waals surface area (Å²) >= 11 is 7.35. The molecular weight excluding hydrogens is 262 g/mol. The van der Waals surface area contributed by atoms with Gasteiger partial charge in [0.2, 0.25) is 0 Å². The second-order valence-electron chi connectivity index (χ2n) is 3.15. The maximum absolute atomic E-state index is 11.7. The van der Waals surface area contributed by atoms with Crippen LogP contribution in [0.3, 0.4) is 0 Å². The average molecular weight is 272 g/mol. The van der Waals surface area contributed by atoms with Crippen LogP contribution >= 0.6 is 23.4 Å². The van der Waals surface area contributed by atoms with Crippen molar-refractivity contribution in [1.82, 2.24) is 15.0 Å². The fraction of sp³-hybridized carbons (Fsp3) is 0.300. The maximum atomic E-state index is 11.7. The monoisotopic (exact) mass is 271 g/mol. The number of aromatic amines is 1. The van der Waals surface area contributed by atoms with Gasteiger partial charge in [0.25, 0.3) is 0 Å². The van der Waals surface area contributed by atoms with Gasteiger partial charge in [-0.2, -0.15) is 0 Å². The van der Waals surface area contributed by atoms with Crippen molar-refractivity contribution in [2.24, 2.45) is 0 Å². The van der Waals surface area contributed by atoms with E-state index in [1.165, 1.54) is 18.0 Å². The number of carbonyl (C=O) groups excluding carboxylic acids is 1. The molecule has 2 heterocycles. The SMILES string of the molecule is CCOC(=O)c1c[nH]c2c(Cl)nc(SC)nc12. The highest BCUT2D eigenvalue weighted by Crippen LogP contribution is 2.25. The highest BCUT2D eigenvalue weighted by Gasteiger charge is 2.17. The lowest BCUT2D eigenvalue weighted by Crippen LogP contribution is -2.04. The predicted molar refractivity (Wildman–Crippen MR) is 66.6 cm³/mol. The molecule has 0 saturated carbocycles. The number of esters is 1. The molecule has 0 unspecified atom stereocenters. The molecule has 0 aliphatic rings. The predicted octanol–water partition coefficient (Wildman–Crippen LogP) is 2.51. The van der Waals surface area contributed by atoms with Crippen molar-refractivity contribution in [1.29, 1.82) is 0 Å². The summed E-state index contributed by atoms with van der Waals surface area (Å²) in [7, 11) is 0. The van der Waals surface area contributed by atoms with E-state index >= 15 is 0 Å². The molecule has 0 amide bonds. The number of ether oxygens (including phenoxy) is 1. The van der Waals surface area contributed by atoms with Crippen molar-refractivity contribution < 1.29 is 9.53 Å². The molecule has 2 aromatic rings. The lowest BCUT2D eigenvalue weighted by Gasteiger charge is -2.01. The summed E-state index contributed by atoms with van der Waals surface area (Å²) in [4.78, 5) is 22.9. The molecular formula is C10H10ClN3O2S. The molecule has 2 aromatic heterocycles. The second-order valence-corrected chi connectivity index (χ2v) is 4.28. The summed E-state index contributed by atoms with van der Waals surface area (Å²) < 4.78 is 4.94. The zero-order valence-corrected chi connectivity index (χ0v) is 10.9. The van der Waals surface area contributed by atoms with E-state index in [0.29, 0.717) is 33.5 Å². The minimum absolute atomic E-state index is 0.301. The molecule has 0 aliphatic carbocycles. The van der Waals surface area contributed by atoms with Gasteiger partial charge < -0.3 is 9.72 Å². The number of thioether (sulfide) groups is 1. The zero-order chi connectivity index (χ0) is 12.4. The van der Waals surface area contributed by atoms with E-state index in [1.807, 2.05) is 6.26 Å². The van der Waals surface area contributed by atoms with Crippen LogP contribution in [0.15, 0.2) is 11.4 Å². The Labute approximate surface area is 107 Å². The van der Waals surface area contributed by atoms with E-state index in [1.54, 1.807) is 6.92 Å². The third kappa shape index (κ3) is 2.23. The lowest BCUT2D eigenvalue weighted by molar-refractivity contribution is 0.0528. The summed E-state index contributed by atoms with van der Waals surface area (Å²) in [5.41, 5.74) is 1.42. The van der Waals surface area contributed by atoms with Gasteiger partial charge in [-0.15, -0.1) is 0 Å². The first kappa shape index (κ1) is 12.2. The van der Waals surface area contributed by atoms with Crippen LogP contribution in [0.2, 0.25) is 5.15 Å². The van der Waals surface area contributed by atoms with Crippen molar-refractivity contribution in [2.75, 3.05) is 12.9 Å². The molecule has 0 aromatic carbocycles. The Morgan fingerprint density at radius 2 is 2.35 bits per heavy atom. The summed E-state index contributed by atoms with van der Waals surface area (Å²) in [6, 6.07) is 0. The van der Waals surface area contributed by atoms with Gasteiger partial charge in [0.1, 0.15) is 16.6 Å². The molecule has 0 radical (unpaired) electrons. The quantitative estimate of drug-likeness (QED) is 0.402. The summed E-state index contributed by atoms with van der Waals surface area (Å²) in [5.74, 6) is -0.416. The van der Waals surface area contributed by atoms with Crippen LogP contribution in [0, 0.1) is 0 Å². The lowest BCUT2D eigenvalue weighted by atomic mass is 10.3. The number of carbonyl (C=O) groups is 1. The third-order valence-electron chi connectivity index (χ3n) is 2.14. The molecule has 1 N–H and O–H groups in total. The fourth-order valence-corrected chi connectivity index (χ4v) is 2.04. The van der Waals surface area contributed by atoms with Crippen LogP contribution in [0.5, 0.6) is 0 Å². The number of hydrogen-bond acceptors (Lipinski definition) is 5. The van der Waals surface area contributed by atoms with Gasteiger partial charge in [0, 0.05) is 6.20 Å². The number of hydrogen-bond donors (Lipinski definition) is 1. The first-order valence-corrected chi connectivity index (χ1v) is 6.53. The van der Waals surface area contributed by atoms with Crippen molar-refractivity contribution in [3.8, 4) is 0 Å². The van der Waals surface area contributed by atoms with Crippen LogP contribution in [0.25, 0.3) is 11.0 Å². The van der Waals surface area contributed by atoms with E-state index in [-0.39, 0.29) is 0 Å². The van der Waals surface area contributed by atoms with E-state index in [2.05, 4.69) is 15.0 Å². The zero-order valence-electron chi connectivity index (χ0n) is 9.28. The van der Waals surface area contributed by atoms with Crippen molar-refractivity contribution in [2.45, 2.75) is 12.1 Å². The van der Waals surface area contributed by atoms with Gasteiger partial charge in [-0.05, 0) is 13.2 Å². The van der Waals surface area contributed by atoms with E-state index in [9.17, 15) is 4.79 Å². The molecule has 2 rings (SSSR count). The van der Waals surface area contributed by atoms with E-state index < -0.39 is 5.97 Å². The number of fused-ring (bicyclic) bond motifs is 1. The van der Waals surface area contributed by atoms with Gasteiger partial charge in [-0.25, -0.2) is 14.8 Å². The van der Waals surface area contributed by atoms with Crippen LogP contribution < -0.4 is 0 Å². The molecule has 0 atom stereocenters. The highest BCUT2D eigenvalue weighted by atomic mass is 35.5. The molecule has 17 heavy (non-hydrogen) atoms. The Morgan fingerprint density at radius 1 is 1.59 bits per heavy atom. The van der Waals surface area contributed by atoms with Crippen LogP contribution in [-0.2, 0) is 4.74 Å². The Hall–Kier alpha value is -1.27. The van der Waals surface area contributed by atoms with Gasteiger partial charge >= 0.3 is 5.97 Å². The van der Waals surface area contributed by atoms with E-state index in [4.69, 9.17) is 16.3 Å². The standard InChI is InChI=1S/C10H10ClN3O2S/c1-3-16-9(15)5-4-12-7-6(5)13-10(17-2)14-8(7)11/h4,12H,3H2,1-2H3. The minimum atomic E-state index is -0.416. The fourth-order valence-electron chi connectivity index (χ4n) is 1.41. The van der Waals surface area contributed by atoms with Gasteiger partial charge in [0.15, 0.2) is 10.3 Å². The van der Waals surface area contributed by atoms with Crippen molar-refractivity contribution >= 4 is 40.4 Å². The molecule has 5 nitrogen and oxygen atoms in total. The van der Waals surface area contributed by atoms with Crippen LogP contribution in [-0.4, -0.2) is 33.8 Å². The number of aromatic nitrogens is 3. The normalized spacial score (nSPS) is 10.8. The molecule has 0 bridgehead atoms. The number of nitrogens with zero attached hydrogens (tertiary/aromatic N) is 2. The van der Waals surface area contributed by atoms with E-state index in [0.717, 1.165) is 0 Å². The number of nitrogens with one attached hydrogen (secondary N) is 1. The van der Waals surface area contributed by atoms with Gasteiger partial charge in [-0.1, -0.05) is 23.4 Å². The third-order valence-corrected chi connectivity index (χ3v) is 2.96. The largest absolute Gasteiger partial charge is 0.462 e. The van der Waals surface area contributed by atoms with Gasteiger partial charge in [0.05, 0.1) is 6.61 Å². The molecule has 7 heteroatoms. The summed E-state index contributed by atoms with van der Waals surface area (Å²) in [6.07, 6.45) is 3.38. The Morgan fingerprint density at radius 3 is 3.00 bits per heavy atom. The number of H-pyrrole nitrogens is 1. The molecule has 0 saturated heterocycles. The topological polar surface area (TPSA) is 67.9 Å². The highest BCUT2D eigenvalue weighted by molar-refractivity contribution is 7.98. The van der Waals surface area contributed by atoms with Crippen LogP contribution in [0.4, 0.5) is 0 Å². The average Bonchev–Trinajstić information content (AvgIpc) is 2.73. The van der Waals surface area contributed by atoms with Crippen molar-refractivity contribution in [3.05, 3.63) is 16.9 Å². The van der Waals surface area contributed by atoms with Crippen LogP contribution in [0.1, 0.15) is 17.3 Å².